The van der Waals surface area contributed by atoms with Crippen LogP contribution in [0.25, 0.3) is 0 Å². The predicted molar refractivity (Wildman–Crippen MR) is 101 cm³/mol. The van der Waals surface area contributed by atoms with Crippen LogP contribution in [0, 0.1) is 0 Å². The lowest BCUT2D eigenvalue weighted by Gasteiger charge is -2.06. The van der Waals surface area contributed by atoms with Crippen molar-refractivity contribution in [2.45, 2.75) is 64.2 Å². The van der Waals surface area contributed by atoms with Crippen LogP contribution in [-0.2, 0) is 4.79 Å². The van der Waals surface area contributed by atoms with E-state index in [1.165, 1.54) is 57.4 Å². The quantitative estimate of drug-likeness (QED) is 0.351. The number of unbranched alkanes of at least 4 members (excludes halogenated alkanes) is 9. The van der Waals surface area contributed by atoms with Gasteiger partial charge in [0.2, 0.25) is 5.91 Å². The maximum absolute atomic E-state index is 10.9. The number of nitrogens with one attached hydrogen (secondary N) is 1. The molecule has 0 radical (unpaired) electrons. The van der Waals surface area contributed by atoms with E-state index in [2.05, 4.69) is 11.9 Å². The van der Waals surface area contributed by atoms with Crippen LogP contribution < -0.4 is 10.1 Å². The van der Waals surface area contributed by atoms with E-state index in [9.17, 15) is 4.79 Å². The Hall–Kier alpha value is -1.77. The summed E-state index contributed by atoms with van der Waals surface area (Å²) in [5, 5.41) is 2.81. The van der Waals surface area contributed by atoms with Crippen molar-refractivity contribution in [2.75, 3.05) is 13.2 Å². The van der Waals surface area contributed by atoms with Gasteiger partial charge in [0.15, 0.2) is 0 Å². The van der Waals surface area contributed by atoms with Crippen molar-refractivity contribution in [3.05, 3.63) is 43.0 Å². The molecule has 0 aliphatic rings. The minimum Gasteiger partial charge on any atom is -0.494 e. The highest BCUT2D eigenvalue weighted by molar-refractivity contribution is 5.86. The van der Waals surface area contributed by atoms with Crippen LogP contribution in [0.15, 0.2) is 43.0 Å². The van der Waals surface area contributed by atoms with E-state index in [1.807, 2.05) is 30.3 Å². The minimum absolute atomic E-state index is 0.0656. The van der Waals surface area contributed by atoms with Gasteiger partial charge in [-0.1, -0.05) is 76.1 Å². The fourth-order valence-electron chi connectivity index (χ4n) is 2.63. The number of rotatable bonds is 15. The summed E-state index contributed by atoms with van der Waals surface area (Å²) in [6.45, 7) is 5.04. The topological polar surface area (TPSA) is 38.3 Å². The molecule has 0 heterocycles. The maximum Gasteiger partial charge on any atom is 0.243 e. The molecule has 0 saturated heterocycles. The number of carbonyl (C=O) groups excluding carboxylic acids is 1. The molecule has 1 amide bonds. The van der Waals surface area contributed by atoms with Gasteiger partial charge in [-0.15, -0.1) is 0 Å². The first-order chi connectivity index (χ1) is 11.8. The Kier molecular flexibility index (Phi) is 12.5. The third-order valence-corrected chi connectivity index (χ3v) is 4.07. The second kappa shape index (κ2) is 14.8. The summed E-state index contributed by atoms with van der Waals surface area (Å²) in [7, 11) is 0. The lowest BCUT2D eigenvalue weighted by atomic mass is 10.1. The fraction of sp³-hybridized carbons (Fsp3) is 0.571. The normalized spacial score (nSPS) is 10.3. The van der Waals surface area contributed by atoms with Gasteiger partial charge in [0.1, 0.15) is 5.75 Å². The fourth-order valence-corrected chi connectivity index (χ4v) is 2.63. The molecule has 1 aromatic carbocycles. The molecule has 1 aromatic rings. The van der Waals surface area contributed by atoms with Crippen LogP contribution in [0.1, 0.15) is 64.2 Å². The highest BCUT2D eigenvalue weighted by Crippen LogP contribution is 2.12. The number of carbonyl (C=O) groups is 1. The molecule has 3 nitrogen and oxygen atoms in total. The Labute approximate surface area is 147 Å². The van der Waals surface area contributed by atoms with Gasteiger partial charge in [0.25, 0.3) is 0 Å². The van der Waals surface area contributed by atoms with Crippen molar-refractivity contribution in [3.63, 3.8) is 0 Å². The monoisotopic (exact) mass is 331 g/mol. The van der Waals surface area contributed by atoms with Crippen LogP contribution >= 0.6 is 0 Å². The summed E-state index contributed by atoms with van der Waals surface area (Å²) in [5.74, 6) is 0.908. The molecule has 0 aromatic heterocycles. The molecule has 0 aliphatic carbocycles. The van der Waals surface area contributed by atoms with Crippen molar-refractivity contribution >= 4 is 5.91 Å². The number of benzene rings is 1. The SMILES string of the molecule is C=CC(=O)NCCCCCCCCCCCCOc1ccccc1. The van der Waals surface area contributed by atoms with Gasteiger partial charge in [0.05, 0.1) is 6.61 Å². The second-order valence-electron chi connectivity index (χ2n) is 6.19. The lowest BCUT2D eigenvalue weighted by molar-refractivity contribution is -0.116. The zero-order chi connectivity index (χ0) is 17.3. The Morgan fingerprint density at radius 1 is 0.875 bits per heavy atom. The Morgan fingerprint density at radius 3 is 2.00 bits per heavy atom. The summed E-state index contributed by atoms with van der Waals surface area (Å²) < 4.78 is 5.69. The molecule has 3 heteroatoms. The summed E-state index contributed by atoms with van der Waals surface area (Å²) >= 11 is 0. The number of para-hydroxylation sites is 1. The summed E-state index contributed by atoms with van der Waals surface area (Å²) in [4.78, 5) is 10.9. The summed E-state index contributed by atoms with van der Waals surface area (Å²) in [6.07, 6.45) is 13.9. The van der Waals surface area contributed by atoms with Gasteiger partial charge in [-0.2, -0.15) is 0 Å². The van der Waals surface area contributed by atoms with Gasteiger partial charge < -0.3 is 10.1 Å². The zero-order valence-electron chi connectivity index (χ0n) is 15.0. The minimum atomic E-state index is -0.0656. The van der Waals surface area contributed by atoms with Gasteiger partial charge in [-0.3, -0.25) is 4.79 Å². The van der Waals surface area contributed by atoms with Crippen LogP contribution in [0.5, 0.6) is 5.75 Å². The first kappa shape index (κ1) is 20.3. The van der Waals surface area contributed by atoms with Gasteiger partial charge in [0, 0.05) is 6.54 Å². The predicted octanol–water partition coefficient (Wildman–Crippen LogP) is 5.27. The number of hydrogen-bond acceptors (Lipinski definition) is 2. The van der Waals surface area contributed by atoms with Crippen molar-refractivity contribution < 1.29 is 9.53 Å². The van der Waals surface area contributed by atoms with Gasteiger partial charge in [-0.25, -0.2) is 0 Å². The van der Waals surface area contributed by atoms with Crippen molar-refractivity contribution in [1.82, 2.24) is 5.32 Å². The molecule has 0 atom stereocenters. The van der Waals surface area contributed by atoms with Crippen LogP contribution in [0.3, 0.4) is 0 Å². The summed E-state index contributed by atoms with van der Waals surface area (Å²) in [5.41, 5.74) is 0. The molecule has 134 valence electrons. The van der Waals surface area contributed by atoms with Crippen LogP contribution in [0.2, 0.25) is 0 Å². The molecule has 0 spiro atoms. The molecule has 0 saturated carbocycles. The standard InChI is InChI=1S/C21H33NO2/c1-2-21(23)22-18-14-9-7-5-3-4-6-8-10-15-19-24-20-16-12-11-13-17-20/h2,11-13,16-17H,1,3-10,14-15,18-19H2,(H,22,23). The third kappa shape index (κ3) is 11.8. The van der Waals surface area contributed by atoms with E-state index in [1.54, 1.807) is 0 Å². The van der Waals surface area contributed by atoms with E-state index in [0.717, 1.165) is 31.7 Å². The number of amides is 1. The van der Waals surface area contributed by atoms with E-state index < -0.39 is 0 Å². The average Bonchev–Trinajstić information content (AvgIpc) is 2.62. The number of hydrogen-bond donors (Lipinski definition) is 1. The number of ether oxygens (including phenoxy) is 1. The van der Waals surface area contributed by atoms with E-state index in [0.29, 0.717) is 0 Å². The summed E-state index contributed by atoms with van der Waals surface area (Å²) in [6, 6.07) is 10.0. The molecular formula is C21H33NO2. The average molecular weight is 331 g/mol. The Morgan fingerprint density at radius 2 is 1.42 bits per heavy atom. The largest absolute Gasteiger partial charge is 0.494 e. The highest BCUT2D eigenvalue weighted by Gasteiger charge is 1.96. The first-order valence-corrected chi connectivity index (χ1v) is 9.41. The highest BCUT2D eigenvalue weighted by atomic mass is 16.5. The smallest absolute Gasteiger partial charge is 0.243 e. The molecule has 0 unspecified atom stereocenters. The Bertz CT molecular complexity index is 431. The molecule has 24 heavy (non-hydrogen) atoms. The van der Waals surface area contributed by atoms with Crippen molar-refractivity contribution in [3.8, 4) is 5.75 Å². The maximum atomic E-state index is 10.9. The molecule has 1 rings (SSSR count). The van der Waals surface area contributed by atoms with E-state index in [4.69, 9.17) is 4.74 Å². The molecule has 0 fully saturated rings. The zero-order valence-corrected chi connectivity index (χ0v) is 15.0. The van der Waals surface area contributed by atoms with Crippen molar-refractivity contribution in [1.29, 1.82) is 0 Å². The van der Waals surface area contributed by atoms with Crippen LogP contribution in [0.4, 0.5) is 0 Å². The third-order valence-electron chi connectivity index (χ3n) is 4.07. The van der Waals surface area contributed by atoms with Crippen LogP contribution in [-0.4, -0.2) is 19.1 Å². The van der Waals surface area contributed by atoms with E-state index >= 15 is 0 Å². The molecular weight excluding hydrogens is 298 g/mol. The molecule has 0 bridgehead atoms. The molecule has 1 N–H and O–H groups in total. The van der Waals surface area contributed by atoms with Crippen molar-refractivity contribution in [2.24, 2.45) is 0 Å². The Balaban J connectivity index is 1.75. The van der Waals surface area contributed by atoms with E-state index in [-0.39, 0.29) is 5.91 Å². The molecule has 0 aliphatic heterocycles. The lowest BCUT2D eigenvalue weighted by Crippen LogP contribution is -2.21. The second-order valence-corrected chi connectivity index (χ2v) is 6.19. The van der Waals surface area contributed by atoms with Gasteiger partial charge >= 0.3 is 0 Å². The first-order valence-electron chi connectivity index (χ1n) is 9.41. The van der Waals surface area contributed by atoms with Gasteiger partial charge in [-0.05, 0) is 31.1 Å².